The van der Waals surface area contributed by atoms with Gasteiger partial charge >= 0.3 is 0 Å². The van der Waals surface area contributed by atoms with E-state index in [9.17, 15) is 4.79 Å². The van der Waals surface area contributed by atoms with E-state index >= 15 is 0 Å². The number of aryl methyl sites for hydroxylation is 1. The highest BCUT2D eigenvalue weighted by molar-refractivity contribution is 5.95. The van der Waals surface area contributed by atoms with Crippen molar-refractivity contribution >= 4 is 11.7 Å². The van der Waals surface area contributed by atoms with Crippen LogP contribution in [0, 0.1) is 0 Å². The summed E-state index contributed by atoms with van der Waals surface area (Å²) in [7, 11) is 0. The van der Waals surface area contributed by atoms with Crippen molar-refractivity contribution in [3.8, 4) is 0 Å². The third-order valence-electron chi connectivity index (χ3n) is 4.06. The van der Waals surface area contributed by atoms with Crippen LogP contribution in [-0.2, 0) is 6.42 Å². The number of pyridine rings is 1. The molecule has 5 nitrogen and oxygen atoms in total. The lowest BCUT2D eigenvalue weighted by Crippen LogP contribution is -2.47. The summed E-state index contributed by atoms with van der Waals surface area (Å²) in [5.41, 5.74) is 3.82. The monoisotopic (exact) mass is 278 g/mol. The van der Waals surface area contributed by atoms with E-state index in [0.29, 0.717) is 11.4 Å². The zero-order chi connectivity index (χ0) is 15.2. The average molecular weight is 278 g/mol. The summed E-state index contributed by atoms with van der Waals surface area (Å²) in [5.74, 6) is 5.86. The number of hydrogen-bond acceptors (Lipinski definition) is 4. The first-order valence-electron chi connectivity index (χ1n) is 7.34. The Morgan fingerprint density at radius 1 is 1.20 bits per heavy atom. The fourth-order valence-electron chi connectivity index (χ4n) is 2.30. The molecular weight excluding hydrogens is 252 g/mol. The van der Waals surface area contributed by atoms with Crippen LogP contribution in [0.15, 0.2) is 12.1 Å². The number of amides is 1. The van der Waals surface area contributed by atoms with E-state index in [0.717, 1.165) is 31.4 Å². The Bertz CT molecular complexity index is 425. The Morgan fingerprint density at radius 3 is 2.25 bits per heavy atom. The fourth-order valence-corrected chi connectivity index (χ4v) is 2.30. The van der Waals surface area contributed by atoms with Crippen molar-refractivity contribution in [3.05, 3.63) is 23.4 Å². The lowest BCUT2D eigenvalue weighted by molar-refractivity contribution is 0.0888. The van der Waals surface area contributed by atoms with Crippen molar-refractivity contribution in [3.63, 3.8) is 0 Å². The van der Waals surface area contributed by atoms with Gasteiger partial charge in [0.15, 0.2) is 0 Å². The normalized spacial score (nSPS) is 11.2. The zero-order valence-corrected chi connectivity index (χ0v) is 12.9. The van der Waals surface area contributed by atoms with Gasteiger partial charge in [0.05, 0.1) is 0 Å². The van der Waals surface area contributed by atoms with Crippen molar-refractivity contribution < 1.29 is 4.79 Å². The highest BCUT2D eigenvalue weighted by Gasteiger charge is 2.26. The summed E-state index contributed by atoms with van der Waals surface area (Å²) < 4.78 is 0. The lowest BCUT2D eigenvalue weighted by atomic mass is 9.89. The molecule has 1 amide bonds. The van der Waals surface area contributed by atoms with Crippen LogP contribution in [0.25, 0.3) is 0 Å². The molecule has 20 heavy (non-hydrogen) atoms. The first-order valence-corrected chi connectivity index (χ1v) is 7.34. The molecule has 0 atom stereocenters. The minimum atomic E-state index is -0.136. The van der Waals surface area contributed by atoms with Crippen LogP contribution in [0.3, 0.4) is 0 Å². The first kappa shape index (κ1) is 16.4. The molecule has 1 rings (SSSR count). The van der Waals surface area contributed by atoms with Gasteiger partial charge in [0.25, 0.3) is 5.91 Å². The second-order valence-corrected chi connectivity index (χ2v) is 5.03. The minimum absolute atomic E-state index is 0.0656. The minimum Gasteiger partial charge on any atom is -0.347 e. The summed E-state index contributed by atoms with van der Waals surface area (Å²) in [4.78, 5) is 16.8. The molecule has 0 fully saturated rings. The van der Waals surface area contributed by atoms with E-state index in [1.807, 2.05) is 13.0 Å². The number of nitrogens with two attached hydrogens (primary N) is 1. The van der Waals surface area contributed by atoms with E-state index in [1.54, 1.807) is 6.07 Å². The molecule has 4 N–H and O–H groups in total. The summed E-state index contributed by atoms with van der Waals surface area (Å²) in [6, 6.07) is 3.50. The van der Waals surface area contributed by atoms with Crippen LogP contribution in [0.4, 0.5) is 5.82 Å². The molecule has 0 aromatic carbocycles. The van der Waals surface area contributed by atoms with E-state index in [1.165, 1.54) is 0 Å². The summed E-state index contributed by atoms with van der Waals surface area (Å²) in [6.45, 7) is 8.30. The van der Waals surface area contributed by atoms with Crippen LogP contribution in [-0.4, -0.2) is 16.4 Å². The topological polar surface area (TPSA) is 80.0 Å². The van der Waals surface area contributed by atoms with Gasteiger partial charge < -0.3 is 10.7 Å². The number of hydrogen-bond donors (Lipinski definition) is 3. The molecule has 0 aliphatic rings. The predicted molar refractivity (Wildman–Crippen MR) is 82.5 cm³/mol. The Morgan fingerprint density at radius 2 is 1.80 bits per heavy atom. The number of rotatable bonds is 7. The number of nitrogens with zero attached hydrogens (tertiary/aromatic N) is 1. The largest absolute Gasteiger partial charge is 0.347 e. The van der Waals surface area contributed by atoms with Gasteiger partial charge in [0.1, 0.15) is 5.82 Å². The SMILES string of the molecule is CCc1cc(C(=O)NC(CC)(CC)CC)cc(NN)n1. The molecule has 1 aromatic heterocycles. The highest BCUT2D eigenvalue weighted by Crippen LogP contribution is 2.20. The number of anilines is 1. The van der Waals surface area contributed by atoms with Crippen LogP contribution in [0.2, 0.25) is 0 Å². The summed E-state index contributed by atoms with van der Waals surface area (Å²) in [5, 5.41) is 3.16. The molecule has 0 spiro atoms. The predicted octanol–water partition coefficient (Wildman–Crippen LogP) is 2.63. The molecule has 1 heterocycles. The third kappa shape index (κ3) is 3.70. The quantitative estimate of drug-likeness (QED) is 0.529. The van der Waals surface area contributed by atoms with E-state index in [-0.39, 0.29) is 11.4 Å². The van der Waals surface area contributed by atoms with Crippen molar-refractivity contribution in [2.75, 3.05) is 5.43 Å². The maximum absolute atomic E-state index is 12.5. The molecule has 1 aromatic rings. The number of aromatic nitrogens is 1. The Labute approximate surface area is 121 Å². The molecule has 0 unspecified atom stereocenters. The van der Waals surface area contributed by atoms with Crippen LogP contribution < -0.4 is 16.6 Å². The Balaban J connectivity index is 3.02. The highest BCUT2D eigenvalue weighted by atomic mass is 16.1. The first-order chi connectivity index (χ1) is 9.53. The van der Waals surface area contributed by atoms with Crippen molar-refractivity contribution in [2.45, 2.75) is 58.9 Å². The number of carbonyl (C=O) groups is 1. The molecule has 0 aliphatic heterocycles. The number of carbonyl (C=O) groups excluding carboxylic acids is 1. The average Bonchev–Trinajstić information content (AvgIpc) is 2.51. The maximum atomic E-state index is 12.5. The Hall–Kier alpha value is -1.62. The summed E-state index contributed by atoms with van der Waals surface area (Å²) in [6.07, 6.45) is 3.51. The van der Waals surface area contributed by atoms with Crippen LogP contribution in [0.5, 0.6) is 0 Å². The number of nitrogens with one attached hydrogen (secondary N) is 2. The molecule has 0 radical (unpaired) electrons. The Kier molecular flexibility index (Phi) is 5.95. The van der Waals surface area contributed by atoms with E-state index in [2.05, 4.69) is 36.5 Å². The number of nitrogen functional groups attached to an aromatic ring is 1. The van der Waals surface area contributed by atoms with Gasteiger partial charge in [-0.25, -0.2) is 10.8 Å². The van der Waals surface area contributed by atoms with Gasteiger partial charge in [-0.05, 0) is 37.8 Å². The van der Waals surface area contributed by atoms with Gasteiger partial charge in [-0.2, -0.15) is 0 Å². The molecular formula is C15H26N4O. The van der Waals surface area contributed by atoms with Gasteiger partial charge in [-0.15, -0.1) is 0 Å². The molecule has 0 saturated heterocycles. The molecule has 5 heteroatoms. The second-order valence-electron chi connectivity index (χ2n) is 5.03. The third-order valence-corrected chi connectivity index (χ3v) is 4.06. The van der Waals surface area contributed by atoms with E-state index < -0.39 is 0 Å². The molecule has 0 saturated carbocycles. The van der Waals surface area contributed by atoms with Crippen molar-refractivity contribution in [1.29, 1.82) is 0 Å². The van der Waals surface area contributed by atoms with Crippen molar-refractivity contribution in [1.82, 2.24) is 10.3 Å². The standard InChI is InChI=1S/C15H26N4O/c1-5-12-9-11(10-13(17-12)19-16)14(20)18-15(6-2,7-3)8-4/h9-10H,5-8,16H2,1-4H3,(H,17,19)(H,18,20). The summed E-state index contributed by atoms with van der Waals surface area (Å²) >= 11 is 0. The molecule has 0 bridgehead atoms. The van der Waals surface area contributed by atoms with Gasteiger partial charge in [0.2, 0.25) is 0 Å². The van der Waals surface area contributed by atoms with E-state index in [4.69, 9.17) is 5.84 Å². The van der Waals surface area contributed by atoms with Gasteiger partial charge in [-0.1, -0.05) is 27.7 Å². The fraction of sp³-hybridized carbons (Fsp3) is 0.600. The second kappa shape index (κ2) is 7.24. The number of hydrazine groups is 1. The van der Waals surface area contributed by atoms with Gasteiger partial charge in [-0.3, -0.25) is 4.79 Å². The van der Waals surface area contributed by atoms with Crippen molar-refractivity contribution in [2.24, 2.45) is 5.84 Å². The van der Waals surface area contributed by atoms with Crippen LogP contribution >= 0.6 is 0 Å². The lowest BCUT2D eigenvalue weighted by Gasteiger charge is -2.31. The smallest absolute Gasteiger partial charge is 0.251 e. The van der Waals surface area contributed by atoms with Crippen LogP contribution in [0.1, 0.15) is 63.0 Å². The molecule has 112 valence electrons. The molecule has 0 aliphatic carbocycles. The van der Waals surface area contributed by atoms with Gasteiger partial charge in [0, 0.05) is 16.8 Å². The zero-order valence-electron chi connectivity index (χ0n) is 12.9. The maximum Gasteiger partial charge on any atom is 0.251 e.